The van der Waals surface area contributed by atoms with Crippen LogP contribution in [0.15, 0.2) is 48.5 Å². The average Bonchev–Trinajstić information content (AvgIpc) is 2.98. The van der Waals surface area contributed by atoms with Gasteiger partial charge in [0.1, 0.15) is 11.5 Å². The summed E-state index contributed by atoms with van der Waals surface area (Å²) in [6, 6.07) is 13.3. The third kappa shape index (κ3) is 9.02. The first-order valence-corrected chi connectivity index (χ1v) is 13.4. The number of phenolic OH excluding ortho intramolecular Hbond substituents is 2. The van der Waals surface area contributed by atoms with Crippen molar-refractivity contribution in [3.63, 3.8) is 0 Å². The topological polar surface area (TPSA) is 130 Å². The molecule has 10 heteroatoms. The predicted molar refractivity (Wildman–Crippen MR) is 153 cm³/mol. The third-order valence-corrected chi connectivity index (χ3v) is 6.46. The summed E-state index contributed by atoms with van der Waals surface area (Å²) in [6.07, 6.45) is 0.871. The average molecular weight is 583 g/mol. The van der Waals surface area contributed by atoms with E-state index in [1.165, 1.54) is 24.3 Å². The van der Waals surface area contributed by atoms with E-state index in [9.17, 15) is 19.8 Å². The van der Waals surface area contributed by atoms with Gasteiger partial charge in [-0.05, 0) is 59.7 Å². The number of methoxy groups -OCH3 is 4. The van der Waals surface area contributed by atoms with Crippen molar-refractivity contribution < 1.29 is 48.2 Å². The van der Waals surface area contributed by atoms with E-state index in [1.54, 1.807) is 28.4 Å². The van der Waals surface area contributed by atoms with Gasteiger partial charge in [-0.2, -0.15) is 0 Å². The molecule has 3 aromatic rings. The molecule has 226 valence electrons. The normalized spacial score (nSPS) is 11.0. The van der Waals surface area contributed by atoms with E-state index < -0.39 is 11.9 Å². The maximum Gasteiger partial charge on any atom is 0.338 e. The van der Waals surface area contributed by atoms with Gasteiger partial charge in [0.15, 0.2) is 0 Å². The quantitative estimate of drug-likeness (QED) is 0.233. The van der Waals surface area contributed by atoms with E-state index in [2.05, 4.69) is 0 Å². The summed E-state index contributed by atoms with van der Waals surface area (Å²) < 4.78 is 31.5. The summed E-state index contributed by atoms with van der Waals surface area (Å²) in [6.45, 7) is 1.22. The summed E-state index contributed by atoms with van der Waals surface area (Å²) >= 11 is 0. The minimum Gasteiger partial charge on any atom is -0.507 e. The predicted octanol–water partition coefficient (Wildman–Crippen LogP) is 4.48. The first-order chi connectivity index (χ1) is 20.3. The van der Waals surface area contributed by atoms with Crippen LogP contribution in [0.3, 0.4) is 0 Å². The maximum absolute atomic E-state index is 12.6. The molecule has 0 amide bonds. The zero-order valence-corrected chi connectivity index (χ0v) is 24.4. The zero-order chi connectivity index (χ0) is 30.5. The van der Waals surface area contributed by atoms with Gasteiger partial charge >= 0.3 is 11.9 Å². The Morgan fingerprint density at radius 2 is 0.833 bits per heavy atom. The lowest BCUT2D eigenvalue weighted by molar-refractivity contribution is 0.0494. The number of ether oxygens (including phenoxy) is 6. The monoisotopic (exact) mass is 582 g/mol. The molecule has 0 aromatic heterocycles. The van der Waals surface area contributed by atoms with E-state index in [0.29, 0.717) is 46.2 Å². The van der Waals surface area contributed by atoms with Crippen molar-refractivity contribution in [2.45, 2.75) is 39.3 Å². The second-order valence-electron chi connectivity index (χ2n) is 9.61. The van der Waals surface area contributed by atoms with Crippen LogP contribution in [0.2, 0.25) is 0 Å². The number of carbonyl (C=O) groups excluding carboxylic acids is 2. The van der Waals surface area contributed by atoms with Crippen LogP contribution >= 0.6 is 0 Å². The van der Waals surface area contributed by atoms with Gasteiger partial charge < -0.3 is 38.6 Å². The van der Waals surface area contributed by atoms with Crippen molar-refractivity contribution in [3.05, 3.63) is 93.0 Å². The fraction of sp³-hybridized carbons (Fsp3) is 0.375. The lowest BCUT2D eigenvalue weighted by atomic mass is 10.0. The molecule has 0 bridgehead atoms. The largest absolute Gasteiger partial charge is 0.507 e. The first-order valence-electron chi connectivity index (χ1n) is 13.4. The molecule has 0 atom stereocenters. The third-order valence-electron chi connectivity index (χ3n) is 6.46. The van der Waals surface area contributed by atoms with Crippen LogP contribution in [0.5, 0.6) is 11.5 Å². The molecular weight excluding hydrogens is 544 g/mol. The number of hydrogen-bond donors (Lipinski definition) is 2. The molecule has 0 spiro atoms. The Labute approximate surface area is 245 Å². The SMILES string of the molecule is COCc1cc(CCOC(=O)c2ccc(C(=O)OCCc3cc(COC)c(O)c(COC)c3)cc2)cc(COC)c1O. The van der Waals surface area contributed by atoms with Gasteiger partial charge in [0.25, 0.3) is 0 Å². The highest BCUT2D eigenvalue weighted by Crippen LogP contribution is 2.28. The van der Waals surface area contributed by atoms with Crippen molar-refractivity contribution in [3.8, 4) is 11.5 Å². The van der Waals surface area contributed by atoms with Crippen LogP contribution in [0.1, 0.15) is 54.1 Å². The summed E-state index contributed by atoms with van der Waals surface area (Å²) in [7, 11) is 6.18. The van der Waals surface area contributed by atoms with E-state index in [0.717, 1.165) is 11.1 Å². The van der Waals surface area contributed by atoms with E-state index >= 15 is 0 Å². The molecular formula is C32H38O10. The number of phenols is 2. The highest BCUT2D eigenvalue weighted by molar-refractivity contribution is 5.93. The number of benzene rings is 3. The molecule has 0 saturated carbocycles. The minimum absolute atomic E-state index is 0.127. The Morgan fingerprint density at radius 3 is 1.10 bits per heavy atom. The molecule has 42 heavy (non-hydrogen) atoms. The van der Waals surface area contributed by atoms with Gasteiger partial charge in [-0.1, -0.05) is 0 Å². The molecule has 0 fully saturated rings. The summed E-state index contributed by atoms with van der Waals surface area (Å²) in [5.74, 6) is -0.778. The molecule has 0 aliphatic carbocycles. The van der Waals surface area contributed by atoms with Crippen molar-refractivity contribution in [2.24, 2.45) is 0 Å². The second kappa shape index (κ2) is 16.5. The van der Waals surface area contributed by atoms with Gasteiger partial charge in [0.05, 0.1) is 50.8 Å². The van der Waals surface area contributed by atoms with Gasteiger partial charge in [0.2, 0.25) is 0 Å². The van der Waals surface area contributed by atoms with Crippen LogP contribution < -0.4 is 0 Å². The van der Waals surface area contributed by atoms with Gasteiger partial charge in [-0.3, -0.25) is 0 Å². The molecule has 0 aliphatic rings. The lowest BCUT2D eigenvalue weighted by Crippen LogP contribution is -2.11. The zero-order valence-electron chi connectivity index (χ0n) is 24.4. The number of hydrogen-bond acceptors (Lipinski definition) is 10. The fourth-order valence-corrected chi connectivity index (χ4v) is 4.45. The van der Waals surface area contributed by atoms with Gasteiger partial charge in [-0.15, -0.1) is 0 Å². The molecule has 0 unspecified atom stereocenters. The maximum atomic E-state index is 12.6. The Balaban J connectivity index is 1.52. The number of carbonyl (C=O) groups is 2. The molecule has 3 aromatic carbocycles. The van der Waals surface area contributed by atoms with Gasteiger partial charge in [0, 0.05) is 63.5 Å². The molecule has 3 rings (SSSR count). The smallest absolute Gasteiger partial charge is 0.338 e. The molecule has 0 radical (unpaired) electrons. The van der Waals surface area contributed by atoms with Crippen LogP contribution in [-0.4, -0.2) is 63.8 Å². The fourth-order valence-electron chi connectivity index (χ4n) is 4.45. The van der Waals surface area contributed by atoms with Crippen LogP contribution in [-0.2, 0) is 67.7 Å². The Kier molecular flexibility index (Phi) is 12.8. The molecule has 0 saturated heterocycles. The standard InChI is InChI=1S/C32H38O10/c1-37-17-25-13-21(14-26(18-38-2)29(25)33)9-11-41-31(35)23-5-7-24(8-6-23)32(36)42-12-10-22-15-27(19-39-3)30(34)28(16-22)20-40-4/h5-8,13-16,33-34H,9-12,17-20H2,1-4H3. The van der Waals surface area contributed by atoms with Crippen molar-refractivity contribution in [2.75, 3.05) is 41.7 Å². The second-order valence-corrected chi connectivity index (χ2v) is 9.61. The summed E-state index contributed by atoms with van der Waals surface area (Å²) in [5.41, 5.74) is 4.87. The summed E-state index contributed by atoms with van der Waals surface area (Å²) in [4.78, 5) is 25.1. The minimum atomic E-state index is -0.519. The van der Waals surface area contributed by atoms with Crippen molar-refractivity contribution >= 4 is 11.9 Å². The Bertz CT molecular complexity index is 1180. The highest BCUT2D eigenvalue weighted by atomic mass is 16.5. The van der Waals surface area contributed by atoms with Gasteiger partial charge in [-0.25, -0.2) is 9.59 Å². The van der Waals surface area contributed by atoms with E-state index in [4.69, 9.17) is 28.4 Å². The molecule has 2 N–H and O–H groups in total. The highest BCUT2D eigenvalue weighted by Gasteiger charge is 2.14. The lowest BCUT2D eigenvalue weighted by Gasteiger charge is -2.13. The number of esters is 2. The molecule has 10 nitrogen and oxygen atoms in total. The van der Waals surface area contributed by atoms with E-state index in [-0.39, 0.29) is 51.1 Å². The Morgan fingerprint density at radius 1 is 0.548 bits per heavy atom. The van der Waals surface area contributed by atoms with Crippen LogP contribution in [0, 0.1) is 0 Å². The summed E-state index contributed by atoms with van der Waals surface area (Å²) in [5, 5.41) is 20.7. The van der Waals surface area contributed by atoms with Crippen LogP contribution in [0.25, 0.3) is 0 Å². The Hall–Kier alpha value is -3.96. The molecule has 0 aliphatic heterocycles. The van der Waals surface area contributed by atoms with Crippen molar-refractivity contribution in [1.29, 1.82) is 0 Å². The number of rotatable bonds is 16. The van der Waals surface area contributed by atoms with Crippen LogP contribution in [0.4, 0.5) is 0 Å². The number of aromatic hydroxyl groups is 2. The molecule has 0 heterocycles. The van der Waals surface area contributed by atoms with Crippen molar-refractivity contribution in [1.82, 2.24) is 0 Å². The first kappa shape index (κ1) is 32.6. The van der Waals surface area contributed by atoms with E-state index in [1.807, 2.05) is 24.3 Å².